The molecule has 0 bridgehead atoms. The van der Waals surface area contributed by atoms with Crippen molar-refractivity contribution in [1.82, 2.24) is 20.2 Å². The first-order valence-corrected chi connectivity index (χ1v) is 10.5. The Morgan fingerprint density at radius 3 is 2.77 bits per heavy atom. The molecule has 1 aliphatic rings. The number of carbonyl (C=O) groups excluding carboxylic acids is 2. The number of morpholine rings is 1. The molecule has 160 valence electrons. The number of amides is 2. The highest BCUT2D eigenvalue weighted by molar-refractivity contribution is 6.06. The Morgan fingerprint density at radius 1 is 1.19 bits per heavy atom. The third-order valence-corrected chi connectivity index (χ3v) is 5.21. The van der Waals surface area contributed by atoms with Crippen LogP contribution in [-0.4, -0.2) is 52.4 Å². The Kier molecular flexibility index (Phi) is 6.23. The summed E-state index contributed by atoms with van der Waals surface area (Å²) in [7, 11) is 0. The van der Waals surface area contributed by atoms with Gasteiger partial charge in [0.2, 0.25) is 5.91 Å². The molecule has 0 unspecified atom stereocenters. The molecule has 1 saturated heterocycles. The maximum Gasteiger partial charge on any atom is 0.252 e. The minimum absolute atomic E-state index is 0.00515. The van der Waals surface area contributed by atoms with Crippen LogP contribution in [0.3, 0.4) is 0 Å². The van der Waals surface area contributed by atoms with Crippen LogP contribution in [0.15, 0.2) is 54.7 Å². The van der Waals surface area contributed by atoms with Crippen LogP contribution in [0.2, 0.25) is 0 Å². The molecule has 0 aliphatic carbocycles. The van der Waals surface area contributed by atoms with Crippen molar-refractivity contribution in [3.63, 3.8) is 0 Å². The summed E-state index contributed by atoms with van der Waals surface area (Å²) in [4.78, 5) is 36.4. The molecular formula is C24H26N4O3. The Balaban J connectivity index is 1.59. The number of nitrogens with zero attached hydrogens (tertiary/aromatic N) is 3. The van der Waals surface area contributed by atoms with Gasteiger partial charge in [-0.2, -0.15) is 0 Å². The molecule has 7 nitrogen and oxygen atoms in total. The minimum atomic E-state index is -0.392. The lowest BCUT2D eigenvalue weighted by atomic mass is 10.0. The quantitative estimate of drug-likeness (QED) is 0.689. The van der Waals surface area contributed by atoms with Crippen LogP contribution < -0.4 is 5.32 Å². The van der Waals surface area contributed by atoms with Crippen LogP contribution in [0, 0.1) is 0 Å². The van der Waals surface area contributed by atoms with Crippen LogP contribution in [0.4, 0.5) is 0 Å². The number of fused-ring (bicyclic) bond motifs is 1. The molecule has 2 aromatic heterocycles. The van der Waals surface area contributed by atoms with Gasteiger partial charge in [0.1, 0.15) is 6.10 Å². The van der Waals surface area contributed by atoms with Gasteiger partial charge in [-0.1, -0.05) is 24.3 Å². The van der Waals surface area contributed by atoms with E-state index in [2.05, 4.69) is 10.3 Å². The van der Waals surface area contributed by atoms with Crippen LogP contribution >= 0.6 is 0 Å². The summed E-state index contributed by atoms with van der Waals surface area (Å²) in [6.07, 6.45) is 1.55. The number of ether oxygens (including phenoxy) is 1. The predicted molar refractivity (Wildman–Crippen MR) is 118 cm³/mol. The molecule has 0 radical (unpaired) electrons. The molecule has 7 heteroatoms. The number of hydrogen-bond donors (Lipinski definition) is 1. The molecule has 0 saturated carbocycles. The summed E-state index contributed by atoms with van der Waals surface area (Å²) in [5.41, 5.74) is 2.69. The van der Waals surface area contributed by atoms with E-state index < -0.39 is 6.10 Å². The number of benzene rings is 1. The first-order chi connectivity index (χ1) is 15.0. The van der Waals surface area contributed by atoms with E-state index in [1.54, 1.807) is 17.2 Å². The van der Waals surface area contributed by atoms with E-state index in [0.717, 1.165) is 16.6 Å². The second kappa shape index (κ2) is 9.22. The summed E-state index contributed by atoms with van der Waals surface area (Å²) in [5.74, 6) is -0.140. The van der Waals surface area contributed by atoms with Crippen molar-refractivity contribution in [1.29, 1.82) is 0 Å². The van der Waals surface area contributed by atoms with E-state index in [0.29, 0.717) is 31.0 Å². The van der Waals surface area contributed by atoms with Gasteiger partial charge in [0.25, 0.3) is 5.91 Å². The zero-order valence-corrected chi connectivity index (χ0v) is 17.7. The maximum atomic E-state index is 12.8. The minimum Gasteiger partial charge on any atom is -0.368 e. The Hall–Kier alpha value is -3.32. The highest BCUT2D eigenvalue weighted by Crippen LogP contribution is 2.26. The number of pyridine rings is 2. The Bertz CT molecular complexity index is 1080. The zero-order chi connectivity index (χ0) is 21.8. The van der Waals surface area contributed by atoms with Gasteiger partial charge in [-0.25, -0.2) is 4.98 Å². The van der Waals surface area contributed by atoms with Gasteiger partial charge in [0.15, 0.2) is 0 Å². The first-order valence-electron chi connectivity index (χ1n) is 10.5. The molecule has 0 spiro atoms. The third kappa shape index (κ3) is 4.88. The van der Waals surface area contributed by atoms with Gasteiger partial charge in [0, 0.05) is 29.9 Å². The second-order valence-electron chi connectivity index (χ2n) is 7.94. The molecule has 1 atom stereocenters. The monoisotopic (exact) mass is 418 g/mol. The summed E-state index contributed by atoms with van der Waals surface area (Å²) in [5, 5.41) is 3.75. The largest absolute Gasteiger partial charge is 0.368 e. The SMILES string of the molecule is CC(C)NC(=O)c1cc([C@@H]2CN(C(=O)Cc3ccccn3)CCO2)nc2ccccc12. The fourth-order valence-electron chi connectivity index (χ4n) is 3.71. The number of rotatable bonds is 5. The van der Waals surface area contributed by atoms with E-state index >= 15 is 0 Å². The van der Waals surface area contributed by atoms with E-state index in [1.165, 1.54) is 0 Å². The fraction of sp³-hybridized carbons (Fsp3) is 0.333. The summed E-state index contributed by atoms with van der Waals surface area (Å²) >= 11 is 0. The number of nitrogens with one attached hydrogen (secondary N) is 1. The predicted octanol–water partition coefficient (Wildman–Crippen LogP) is 2.91. The standard InChI is InChI=1S/C24H26N4O3/c1-16(2)26-24(30)19-14-21(27-20-9-4-3-8-18(19)20)22-15-28(11-12-31-22)23(29)13-17-7-5-6-10-25-17/h3-10,14,16,22H,11-13,15H2,1-2H3,(H,26,30)/t22-/m0/s1. The average molecular weight is 418 g/mol. The molecule has 3 heterocycles. The second-order valence-corrected chi connectivity index (χ2v) is 7.94. The molecule has 31 heavy (non-hydrogen) atoms. The highest BCUT2D eigenvalue weighted by atomic mass is 16.5. The highest BCUT2D eigenvalue weighted by Gasteiger charge is 2.28. The van der Waals surface area contributed by atoms with Crippen molar-refractivity contribution in [3.8, 4) is 0 Å². The Morgan fingerprint density at radius 2 is 2.00 bits per heavy atom. The van der Waals surface area contributed by atoms with E-state index in [1.807, 2.05) is 56.3 Å². The molecule has 1 aliphatic heterocycles. The van der Waals surface area contributed by atoms with E-state index in [4.69, 9.17) is 9.72 Å². The van der Waals surface area contributed by atoms with Crippen molar-refractivity contribution >= 4 is 22.7 Å². The van der Waals surface area contributed by atoms with E-state index in [9.17, 15) is 9.59 Å². The van der Waals surface area contributed by atoms with Gasteiger partial charge in [0.05, 0.1) is 36.3 Å². The summed E-state index contributed by atoms with van der Waals surface area (Å²) < 4.78 is 5.96. The molecule has 1 fully saturated rings. The first kappa shape index (κ1) is 20.9. The van der Waals surface area contributed by atoms with Crippen molar-refractivity contribution in [2.75, 3.05) is 19.7 Å². The molecule has 1 N–H and O–H groups in total. The number of hydrogen-bond acceptors (Lipinski definition) is 5. The third-order valence-electron chi connectivity index (χ3n) is 5.21. The normalized spacial score (nSPS) is 16.5. The summed E-state index contributed by atoms with van der Waals surface area (Å²) in [6, 6.07) is 14.9. The smallest absolute Gasteiger partial charge is 0.252 e. The topological polar surface area (TPSA) is 84.4 Å². The van der Waals surface area contributed by atoms with Gasteiger partial charge in [-0.3, -0.25) is 14.6 Å². The lowest BCUT2D eigenvalue weighted by molar-refractivity contribution is -0.138. The molecule has 4 rings (SSSR count). The number of aromatic nitrogens is 2. The van der Waals surface area contributed by atoms with Crippen molar-refractivity contribution < 1.29 is 14.3 Å². The molecule has 1 aromatic carbocycles. The van der Waals surface area contributed by atoms with Gasteiger partial charge in [-0.05, 0) is 38.1 Å². The fourth-order valence-corrected chi connectivity index (χ4v) is 3.71. The van der Waals surface area contributed by atoms with Crippen LogP contribution in [-0.2, 0) is 16.0 Å². The summed E-state index contributed by atoms with van der Waals surface area (Å²) in [6.45, 7) is 5.19. The van der Waals surface area contributed by atoms with Crippen molar-refractivity contribution in [2.24, 2.45) is 0 Å². The zero-order valence-electron chi connectivity index (χ0n) is 17.7. The van der Waals surface area contributed by atoms with Crippen LogP contribution in [0.5, 0.6) is 0 Å². The lowest BCUT2D eigenvalue weighted by Crippen LogP contribution is -2.43. The maximum absolute atomic E-state index is 12.8. The van der Waals surface area contributed by atoms with Gasteiger partial charge >= 0.3 is 0 Å². The van der Waals surface area contributed by atoms with Gasteiger partial charge in [-0.15, -0.1) is 0 Å². The number of carbonyl (C=O) groups is 2. The molecule has 2 amide bonds. The van der Waals surface area contributed by atoms with Crippen LogP contribution in [0.25, 0.3) is 10.9 Å². The van der Waals surface area contributed by atoms with Gasteiger partial charge < -0.3 is 15.0 Å². The number of para-hydroxylation sites is 1. The molecule has 3 aromatic rings. The average Bonchev–Trinajstić information content (AvgIpc) is 2.78. The Labute approximate surface area is 181 Å². The van der Waals surface area contributed by atoms with E-state index in [-0.39, 0.29) is 24.3 Å². The van der Waals surface area contributed by atoms with Crippen molar-refractivity contribution in [3.05, 3.63) is 71.7 Å². The van der Waals surface area contributed by atoms with Crippen LogP contribution in [0.1, 0.15) is 41.7 Å². The molecular weight excluding hydrogens is 392 g/mol. The lowest BCUT2D eigenvalue weighted by Gasteiger charge is -2.33. The van der Waals surface area contributed by atoms with Crippen molar-refractivity contribution in [2.45, 2.75) is 32.4 Å².